The molecule has 0 bridgehead atoms. The molecule has 0 aliphatic heterocycles. The molecule has 1 nitrogen and oxygen atoms in total. The number of rotatable bonds is 1. The van der Waals surface area contributed by atoms with Gasteiger partial charge in [-0.25, -0.2) is 0 Å². The molecule has 0 amide bonds. The maximum absolute atomic E-state index is 7.62. The number of aryl methyl sites for hydroxylation is 1. The maximum atomic E-state index is 7.62. The van der Waals surface area contributed by atoms with Crippen molar-refractivity contribution in [2.45, 2.75) is 47.2 Å². The molecule has 1 unspecified atom stereocenters. The van der Waals surface area contributed by atoms with Gasteiger partial charge in [-0.3, -0.25) is 0 Å². The second-order valence-corrected chi connectivity index (χ2v) is 4.35. The summed E-state index contributed by atoms with van der Waals surface area (Å²) in [6.07, 6.45) is 1.69. The van der Waals surface area contributed by atoms with Gasteiger partial charge in [0.05, 0.1) is 6.07 Å². The molecule has 1 aromatic rings. The fraction of sp³-hybridized carbons (Fsp3) is 0.500. The number of nitriles is 1. The summed E-state index contributed by atoms with van der Waals surface area (Å²) in [5, 5.41) is 7.62. The lowest BCUT2D eigenvalue weighted by Gasteiger charge is -2.12. The highest BCUT2D eigenvalue weighted by atomic mass is 31.0. The Morgan fingerprint density at radius 3 is 2.00 bits per heavy atom. The molecule has 0 saturated carbocycles. The van der Waals surface area contributed by atoms with Crippen LogP contribution >= 0.6 is 9.24 Å². The van der Waals surface area contributed by atoms with E-state index in [2.05, 4.69) is 43.0 Å². The molecule has 1 rings (SSSR count). The summed E-state index contributed by atoms with van der Waals surface area (Å²) in [5.41, 5.74) is 7.21. The fourth-order valence-electron chi connectivity index (χ4n) is 1.51. The standard InChI is InChI=1S/C11H17P.C3H5N/c1-7-5-11(6-12)10(4)9(3)8(7)2;1-2-3-4/h5H,6,12H2,1-4H3;2H2,1H3. The first-order valence-electron chi connectivity index (χ1n) is 5.62. The van der Waals surface area contributed by atoms with Gasteiger partial charge in [-0.15, -0.1) is 9.24 Å². The Morgan fingerprint density at radius 2 is 1.62 bits per heavy atom. The Bertz CT molecular complexity index is 389. The minimum Gasteiger partial charge on any atom is -0.198 e. The highest BCUT2D eigenvalue weighted by Gasteiger charge is 2.04. The van der Waals surface area contributed by atoms with Crippen LogP contribution in [0.5, 0.6) is 0 Å². The molecule has 1 aromatic carbocycles. The van der Waals surface area contributed by atoms with Crippen molar-refractivity contribution in [3.05, 3.63) is 33.9 Å². The number of hydrogen-bond acceptors (Lipinski definition) is 1. The molecule has 0 spiro atoms. The third-order valence-corrected chi connectivity index (χ3v) is 3.41. The van der Waals surface area contributed by atoms with E-state index in [1.165, 1.54) is 27.8 Å². The van der Waals surface area contributed by atoms with E-state index >= 15 is 0 Å². The van der Waals surface area contributed by atoms with Gasteiger partial charge < -0.3 is 0 Å². The van der Waals surface area contributed by atoms with E-state index in [9.17, 15) is 0 Å². The Labute approximate surface area is 102 Å². The first-order valence-corrected chi connectivity index (χ1v) is 6.44. The van der Waals surface area contributed by atoms with Crippen molar-refractivity contribution in [2.24, 2.45) is 0 Å². The largest absolute Gasteiger partial charge is 0.198 e. The summed E-state index contributed by atoms with van der Waals surface area (Å²) in [5.74, 6) is 0. The van der Waals surface area contributed by atoms with Crippen molar-refractivity contribution in [3.8, 4) is 6.07 Å². The molecular formula is C14H22NP. The molecule has 0 fully saturated rings. The van der Waals surface area contributed by atoms with Crippen LogP contribution in [-0.4, -0.2) is 0 Å². The summed E-state index contributed by atoms with van der Waals surface area (Å²) in [6, 6.07) is 4.23. The van der Waals surface area contributed by atoms with Gasteiger partial charge in [-0.05, 0) is 61.7 Å². The molecule has 0 heterocycles. The number of benzene rings is 1. The monoisotopic (exact) mass is 235 g/mol. The highest BCUT2D eigenvalue weighted by Crippen LogP contribution is 2.22. The zero-order chi connectivity index (χ0) is 12.7. The number of hydrogen-bond donors (Lipinski definition) is 0. The summed E-state index contributed by atoms with van der Waals surface area (Å²) < 4.78 is 0. The topological polar surface area (TPSA) is 23.8 Å². The molecule has 0 aliphatic carbocycles. The lowest BCUT2D eigenvalue weighted by atomic mass is 9.95. The van der Waals surface area contributed by atoms with Crippen LogP contribution in [0, 0.1) is 39.0 Å². The third kappa shape index (κ3) is 3.95. The average molecular weight is 235 g/mol. The SMILES string of the molecule is CCC#N.Cc1cc(CP)c(C)c(C)c1C. The van der Waals surface area contributed by atoms with Crippen LogP contribution in [-0.2, 0) is 6.16 Å². The highest BCUT2D eigenvalue weighted by molar-refractivity contribution is 7.15. The van der Waals surface area contributed by atoms with Crippen LogP contribution < -0.4 is 0 Å². The summed E-state index contributed by atoms with van der Waals surface area (Å²) in [4.78, 5) is 0. The minimum absolute atomic E-state index is 0.625. The van der Waals surface area contributed by atoms with E-state index in [1.807, 2.05) is 13.0 Å². The molecule has 0 saturated heterocycles. The lowest BCUT2D eigenvalue weighted by Crippen LogP contribution is -1.95. The predicted molar refractivity (Wildman–Crippen MR) is 74.7 cm³/mol. The van der Waals surface area contributed by atoms with Crippen LogP contribution in [0.15, 0.2) is 6.07 Å². The predicted octanol–water partition coefficient (Wildman–Crippen LogP) is 4.22. The van der Waals surface area contributed by atoms with E-state index in [0.29, 0.717) is 6.42 Å². The van der Waals surface area contributed by atoms with Crippen LogP contribution in [0.3, 0.4) is 0 Å². The van der Waals surface area contributed by atoms with Gasteiger partial charge in [0.15, 0.2) is 0 Å². The van der Waals surface area contributed by atoms with E-state index in [0.717, 1.165) is 6.16 Å². The minimum atomic E-state index is 0.625. The second kappa shape index (κ2) is 7.42. The zero-order valence-corrected chi connectivity index (χ0v) is 12.2. The molecule has 0 aliphatic rings. The van der Waals surface area contributed by atoms with E-state index in [-0.39, 0.29) is 0 Å². The number of nitrogens with zero attached hydrogens (tertiary/aromatic N) is 1. The van der Waals surface area contributed by atoms with Gasteiger partial charge in [-0.2, -0.15) is 5.26 Å². The first kappa shape index (κ1) is 15.1. The van der Waals surface area contributed by atoms with Gasteiger partial charge in [-0.1, -0.05) is 13.0 Å². The van der Waals surface area contributed by atoms with Crippen molar-refractivity contribution < 1.29 is 0 Å². The van der Waals surface area contributed by atoms with Crippen molar-refractivity contribution in [2.75, 3.05) is 0 Å². The quantitative estimate of drug-likeness (QED) is 0.669. The normalized spacial score (nSPS) is 9.06. The van der Waals surface area contributed by atoms with Gasteiger partial charge >= 0.3 is 0 Å². The van der Waals surface area contributed by atoms with Crippen LogP contribution in [0.2, 0.25) is 0 Å². The van der Waals surface area contributed by atoms with Gasteiger partial charge in [0, 0.05) is 6.42 Å². The Kier molecular flexibility index (Phi) is 7.02. The van der Waals surface area contributed by atoms with Crippen molar-refractivity contribution >= 4 is 9.24 Å². The Balaban J connectivity index is 0.000000487. The van der Waals surface area contributed by atoms with Crippen molar-refractivity contribution in [1.29, 1.82) is 5.26 Å². The van der Waals surface area contributed by atoms with Crippen molar-refractivity contribution in [1.82, 2.24) is 0 Å². The summed E-state index contributed by atoms with van der Waals surface area (Å²) >= 11 is 0. The molecule has 88 valence electrons. The molecule has 1 atom stereocenters. The average Bonchev–Trinajstić information content (AvgIpc) is 2.31. The molecule has 16 heavy (non-hydrogen) atoms. The van der Waals surface area contributed by atoms with E-state index < -0.39 is 0 Å². The Morgan fingerprint density at radius 1 is 1.12 bits per heavy atom. The van der Waals surface area contributed by atoms with Gasteiger partial charge in [0.1, 0.15) is 0 Å². The van der Waals surface area contributed by atoms with E-state index in [4.69, 9.17) is 5.26 Å². The molecular weight excluding hydrogens is 213 g/mol. The molecule has 0 aromatic heterocycles. The summed E-state index contributed by atoms with van der Waals surface area (Å²) in [7, 11) is 2.79. The van der Waals surface area contributed by atoms with Crippen LogP contribution in [0.1, 0.15) is 41.2 Å². The smallest absolute Gasteiger partial charge is 0.0618 e. The first-order chi connectivity index (χ1) is 7.49. The van der Waals surface area contributed by atoms with E-state index in [1.54, 1.807) is 0 Å². The second-order valence-electron chi connectivity index (χ2n) is 3.94. The Hall–Kier alpha value is -0.860. The van der Waals surface area contributed by atoms with Gasteiger partial charge in [0.2, 0.25) is 0 Å². The lowest BCUT2D eigenvalue weighted by molar-refractivity contribution is 1.17. The third-order valence-electron chi connectivity index (χ3n) is 2.97. The molecule has 0 N–H and O–H groups in total. The molecule has 0 radical (unpaired) electrons. The summed E-state index contributed by atoms with van der Waals surface area (Å²) in [6.45, 7) is 10.6. The maximum Gasteiger partial charge on any atom is 0.0618 e. The van der Waals surface area contributed by atoms with Crippen LogP contribution in [0.4, 0.5) is 0 Å². The van der Waals surface area contributed by atoms with Crippen LogP contribution in [0.25, 0.3) is 0 Å². The van der Waals surface area contributed by atoms with Gasteiger partial charge in [0.25, 0.3) is 0 Å². The zero-order valence-electron chi connectivity index (χ0n) is 11.0. The molecule has 2 heteroatoms. The fourth-order valence-corrected chi connectivity index (χ4v) is 1.93. The van der Waals surface area contributed by atoms with Crippen molar-refractivity contribution in [3.63, 3.8) is 0 Å².